The van der Waals surface area contributed by atoms with Gasteiger partial charge in [-0.2, -0.15) is 0 Å². The lowest BCUT2D eigenvalue weighted by atomic mass is 10.1. The van der Waals surface area contributed by atoms with Crippen molar-refractivity contribution in [3.8, 4) is 0 Å². The van der Waals surface area contributed by atoms with E-state index in [4.69, 9.17) is 34.8 Å². The molecule has 1 atom stereocenters. The van der Waals surface area contributed by atoms with Crippen LogP contribution in [0.15, 0.2) is 42.5 Å². The van der Waals surface area contributed by atoms with E-state index in [1.54, 1.807) is 23.1 Å². The van der Waals surface area contributed by atoms with Crippen LogP contribution in [0.4, 0.5) is 0 Å². The molecule has 0 aliphatic heterocycles. The standard InChI is InChI=1S/C23H27Cl3N2O2S/c1-3-10-27-23(30)21(4-2)28(13-17-8-9-19(25)12-20(17)26)22(29)15-31-14-16-6-5-7-18(24)11-16/h5-9,11-12,21H,3-4,10,13-15H2,1-2H3,(H,27,30)/t21-/m0/s1. The van der Waals surface area contributed by atoms with Crippen LogP contribution in [-0.4, -0.2) is 35.1 Å². The minimum Gasteiger partial charge on any atom is -0.354 e. The van der Waals surface area contributed by atoms with Crippen LogP contribution in [0, 0.1) is 0 Å². The highest BCUT2D eigenvalue weighted by molar-refractivity contribution is 7.99. The first-order valence-electron chi connectivity index (χ1n) is 10.2. The molecule has 0 unspecified atom stereocenters. The second-order valence-corrected chi connectivity index (χ2v) is 9.36. The first kappa shape index (κ1) is 25.9. The predicted molar refractivity (Wildman–Crippen MR) is 132 cm³/mol. The Labute approximate surface area is 203 Å². The highest BCUT2D eigenvalue weighted by Crippen LogP contribution is 2.25. The molecule has 0 radical (unpaired) electrons. The minimum absolute atomic E-state index is 0.114. The van der Waals surface area contributed by atoms with E-state index in [1.807, 2.05) is 38.1 Å². The molecule has 0 aliphatic carbocycles. The molecule has 2 rings (SSSR count). The first-order chi connectivity index (χ1) is 14.8. The molecule has 2 aromatic rings. The maximum absolute atomic E-state index is 13.2. The maximum Gasteiger partial charge on any atom is 0.242 e. The Morgan fingerprint density at radius 2 is 1.81 bits per heavy atom. The number of benzene rings is 2. The van der Waals surface area contributed by atoms with Crippen molar-refractivity contribution in [2.24, 2.45) is 0 Å². The summed E-state index contributed by atoms with van der Waals surface area (Å²) < 4.78 is 0. The zero-order chi connectivity index (χ0) is 22.8. The summed E-state index contributed by atoms with van der Waals surface area (Å²) in [6, 6.07) is 12.2. The number of hydrogen-bond donors (Lipinski definition) is 1. The molecule has 8 heteroatoms. The van der Waals surface area contributed by atoms with E-state index in [2.05, 4.69) is 5.32 Å². The Bertz CT molecular complexity index is 895. The van der Waals surface area contributed by atoms with E-state index in [0.717, 1.165) is 17.5 Å². The van der Waals surface area contributed by atoms with E-state index in [0.29, 0.717) is 33.8 Å². The highest BCUT2D eigenvalue weighted by atomic mass is 35.5. The van der Waals surface area contributed by atoms with Gasteiger partial charge in [-0.25, -0.2) is 0 Å². The Morgan fingerprint density at radius 3 is 2.45 bits per heavy atom. The number of carbonyl (C=O) groups is 2. The van der Waals surface area contributed by atoms with E-state index >= 15 is 0 Å². The van der Waals surface area contributed by atoms with Gasteiger partial charge in [-0.05, 0) is 48.2 Å². The van der Waals surface area contributed by atoms with E-state index in [1.165, 1.54) is 11.8 Å². The van der Waals surface area contributed by atoms with Gasteiger partial charge in [-0.1, -0.05) is 66.8 Å². The average molecular weight is 502 g/mol. The summed E-state index contributed by atoms with van der Waals surface area (Å²) in [5.41, 5.74) is 1.80. The highest BCUT2D eigenvalue weighted by Gasteiger charge is 2.28. The van der Waals surface area contributed by atoms with Crippen LogP contribution in [0.25, 0.3) is 0 Å². The molecule has 0 spiro atoms. The van der Waals surface area contributed by atoms with Crippen LogP contribution in [-0.2, 0) is 21.9 Å². The molecule has 31 heavy (non-hydrogen) atoms. The van der Waals surface area contributed by atoms with Crippen LogP contribution in [0.2, 0.25) is 15.1 Å². The topological polar surface area (TPSA) is 49.4 Å². The van der Waals surface area contributed by atoms with E-state index < -0.39 is 6.04 Å². The van der Waals surface area contributed by atoms with Crippen molar-refractivity contribution in [2.75, 3.05) is 12.3 Å². The molecule has 2 amide bonds. The number of nitrogens with zero attached hydrogens (tertiary/aromatic N) is 1. The molecule has 0 aliphatic rings. The molecular formula is C23H27Cl3N2O2S. The Kier molecular flexibility index (Phi) is 11.0. The average Bonchev–Trinajstić information content (AvgIpc) is 2.73. The molecular weight excluding hydrogens is 475 g/mol. The Hall–Kier alpha value is -1.40. The molecule has 2 aromatic carbocycles. The first-order valence-corrected chi connectivity index (χ1v) is 12.5. The van der Waals surface area contributed by atoms with Crippen molar-refractivity contribution < 1.29 is 9.59 Å². The third-order valence-electron chi connectivity index (χ3n) is 4.67. The van der Waals surface area contributed by atoms with Gasteiger partial charge >= 0.3 is 0 Å². The molecule has 168 valence electrons. The van der Waals surface area contributed by atoms with Crippen molar-refractivity contribution in [1.82, 2.24) is 10.2 Å². The summed E-state index contributed by atoms with van der Waals surface area (Å²) in [5, 5.41) is 4.57. The number of rotatable bonds is 11. The third-order valence-corrected chi connectivity index (χ3v) is 6.48. The van der Waals surface area contributed by atoms with E-state index in [-0.39, 0.29) is 24.1 Å². The summed E-state index contributed by atoms with van der Waals surface area (Å²) in [4.78, 5) is 27.6. The van der Waals surface area contributed by atoms with Crippen molar-refractivity contribution in [3.05, 3.63) is 68.7 Å². The van der Waals surface area contributed by atoms with E-state index in [9.17, 15) is 9.59 Å². The third kappa shape index (κ3) is 8.23. The van der Waals surface area contributed by atoms with Gasteiger partial charge in [0.05, 0.1) is 5.75 Å². The predicted octanol–water partition coefficient (Wildman–Crippen LogP) is 6.21. The molecule has 0 fully saturated rings. The van der Waals surface area contributed by atoms with Gasteiger partial charge in [-0.3, -0.25) is 9.59 Å². The smallest absolute Gasteiger partial charge is 0.242 e. The molecule has 0 heterocycles. The van der Waals surface area contributed by atoms with Crippen molar-refractivity contribution in [2.45, 2.75) is 45.0 Å². The van der Waals surface area contributed by atoms with Crippen molar-refractivity contribution in [3.63, 3.8) is 0 Å². The maximum atomic E-state index is 13.2. The normalized spacial score (nSPS) is 11.8. The monoisotopic (exact) mass is 500 g/mol. The molecule has 0 aromatic heterocycles. The van der Waals surface area contributed by atoms with Crippen LogP contribution in [0.1, 0.15) is 37.8 Å². The fraction of sp³-hybridized carbons (Fsp3) is 0.391. The van der Waals surface area contributed by atoms with Crippen molar-refractivity contribution >= 4 is 58.4 Å². The zero-order valence-electron chi connectivity index (χ0n) is 17.7. The molecule has 1 N–H and O–H groups in total. The SMILES string of the molecule is CCCNC(=O)[C@H](CC)N(Cc1ccc(Cl)cc1Cl)C(=O)CSCc1cccc(Cl)c1. The lowest BCUT2D eigenvalue weighted by Crippen LogP contribution is -2.49. The van der Waals surface area contributed by atoms with Crippen LogP contribution >= 0.6 is 46.6 Å². The zero-order valence-corrected chi connectivity index (χ0v) is 20.8. The fourth-order valence-electron chi connectivity index (χ4n) is 3.08. The lowest BCUT2D eigenvalue weighted by Gasteiger charge is -2.31. The number of thioether (sulfide) groups is 1. The number of hydrogen-bond acceptors (Lipinski definition) is 3. The summed E-state index contributed by atoms with van der Waals surface area (Å²) in [6.07, 6.45) is 1.33. The summed E-state index contributed by atoms with van der Waals surface area (Å²) in [7, 11) is 0. The quantitative estimate of drug-likeness (QED) is 0.398. The fourth-order valence-corrected chi connectivity index (χ4v) is 4.62. The van der Waals surface area contributed by atoms with Gasteiger partial charge in [0.2, 0.25) is 11.8 Å². The lowest BCUT2D eigenvalue weighted by molar-refractivity contribution is -0.139. The van der Waals surface area contributed by atoms with Gasteiger partial charge in [0, 0.05) is 33.9 Å². The number of carbonyl (C=O) groups excluding carboxylic acids is 2. The van der Waals surface area contributed by atoms with Gasteiger partial charge in [0.25, 0.3) is 0 Å². The molecule has 0 bridgehead atoms. The second-order valence-electron chi connectivity index (χ2n) is 7.10. The van der Waals surface area contributed by atoms with Crippen LogP contribution in [0.5, 0.6) is 0 Å². The Morgan fingerprint density at radius 1 is 1.06 bits per heavy atom. The molecule has 4 nitrogen and oxygen atoms in total. The van der Waals surface area contributed by atoms with Crippen molar-refractivity contribution in [1.29, 1.82) is 0 Å². The van der Waals surface area contributed by atoms with Crippen LogP contribution < -0.4 is 5.32 Å². The minimum atomic E-state index is -0.572. The number of halogens is 3. The molecule has 0 saturated carbocycles. The van der Waals surface area contributed by atoms with Gasteiger partial charge in [-0.15, -0.1) is 11.8 Å². The van der Waals surface area contributed by atoms with Gasteiger partial charge < -0.3 is 10.2 Å². The van der Waals surface area contributed by atoms with Gasteiger partial charge in [0.15, 0.2) is 0 Å². The number of amides is 2. The van der Waals surface area contributed by atoms with Crippen LogP contribution in [0.3, 0.4) is 0 Å². The summed E-state index contributed by atoms with van der Waals surface area (Å²) in [5.74, 6) is 0.634. The summed E-state index contributed by atoms with van der Waals surface area (Å²) >= 11 is 19.9. The largest absolute Gasteiger partial charge is 0.354 e. The summed E-state index contributed by atoms with van der Waals surface area (Å²) in [6.45, 7) is 4.70. The number of nitrogens with one attached hydrogen (secondary N) is 1. The second kappa shape index (κ2) is 13.2. The molecule has 0 saturated heterocycles. The Balaban J connectivity index is 2.16. The van der Waals surface area contributed by atoms with Gasteiger partial charge in [0.1, 0.15) is 6.04 Å².